The first-order valence-electron chi connectivity index (χ1n) is 6.38. The van der Waals surface area contributed by atoms with Crippen LogP contribution in [0.1, 0.15) is 11.8 Å². The predicted octanol–water partition coefficient (Wildman–Crippen LogP) is -1.44. The fourth-order valence-corrected chi connectivity index (χ4v) is 3.20. The van der Waals surface area contributed by atoms with E-state index in [4.69, 9.17) is 10.5 Å². The van der Waals surface area contributed by atoms with Gasteiger partial charge in [-0.1, -0.05) is 0 Å². The zero-order chi connectivity index (χ0) is 15.0. The predicted molar refractivity (Wildman–Crippen MR) is 66.9 cm³/mol. The number of aliphatic hydroxyl groups is 3. The summed E-state index contributed by atoms with van der Waals surface area (Å²) in [7, 11) is 0. The normalized spacial score (nSPS) is 41.4. The van der Waals surface area contributed by atoms with E-state index in [1.54, 1.807) is 12.1 Å². The van der Waals surface area contributed by atoms with Crippen molar-refractivity contribution in [2.75, 3.05) is 12.3 Å². The number of anilines is 1. The number of hydrogen-bond acceptors (Lipinski definition) is 7. The van der Waals surface area contributed by atoms with Gasteiger partial charge in [-0.2, -0.15) is 5.10 Å². The topological polar surface area (TPSA) is 126 Å². The quantitative estimate of drug-likeness (QED) is 0.534. The van der Waals surface area contributed by atoms with E-state index in [9.17, 15) is 19.7 Å². The highest BCUT2D eigenvalue weighted by Gasteiger charge is 2.88. The van der Waals surface area contributed by atoms with Crippen LogP contribution < -0.4 is 5.73 Å². The molecule has 2 aromatic heterocycles. The highest BCUT2D eigenvalue weighted by Crippen LogP contribution is 2.64. The molecule has 21 heavy (non-hydrogen) atoms. The minimum Gasteiger partial charge on any atom is -0.393 e. The van der Waals surface area contributed by atoms with Gasteiger partial charge in [0.2, 0.25) is 0 Å². The fourth-order valence-electron chi connectivity index (χ4n) is 3.20. The number of ether oxygens (including phenoxy) is 1. The van der Waals surface area contributed by atoms with E-state index in [2.05, 4.69) is 10.1 Å². The number of nitrogens with two attached hydrogens (primary N) is 1. The summed E-state index contributed by atoms with van der Waals surface area (Å²) in [6, 6.07) is 3.23. The SMILES string of the molecule is Nc1ncnn2c([C@@H]3O[C@@]4(CO)C(F)[C@]4(O)[C@H]3O)ccc12. The number of rotatable bonds is 2. The van der Waals surface area contributed by atoms with Crippen LogP contribution in [-0.2, 0) is 4.74 Å². The van der Waals surface area contributed by atoms with Crippen LogP contribution in [0.5, 0.6) is 0 Å². The Bertz CT molecular complexity index is 735. The number of alkyl halides is 1. The third-order valence-corrected chi connectivity index (χ3v) is 4.50. The molecule has 0 aromatic carbocycles. The van der Waals surface area contributed by atoms with Crippen molar-refractivity contribution in [2.45, 2.75) is 29.6 Å². The zero-order valence-electron chi connectivity index (χ0n) is 10.7. The van der Waals surface area contributed by atoms with Crippen molar-refractivity contribution >= 4 is 11.3 Å². The van der Waals surface area contributed by atoms with Gasteiger partial charge in [0, 0.05) is 0 Å². The van der Waals surface area contributed by atoms with E-state index in [1.807, 2.05) is 0 Å². The summed E-state index contributed by atoms with van der Waals surface area (Å²) in [6.45, 7) is -0.724. The second-order valence-electron chi connectivity index (χ2n) is 5.42. The molecule has 3 heterocycles. The van der Waals surface area contributed by atoms with Crippen LogP contribution in [0.2, 0.25) is 0 Å². The van der Waals surface area contributed by atoms with Crippen molar-refractivity contribution < 1.29 is 24.4 Å². The van der Waals surface area contributed by atoms with Crippen LogP contribution in [0.4, 0.5) is 10.2 Å². The number of fused-ring (bicyclic) bond motifs is 2. The lowest BCUT2D eigenvalue weighted by atomic mass is 10.0. The maximum absolute atomic E-state index is 13.8. The Balaban J connectivity index is 1.80. The van der Waals surface area contributed by atoms with E-state index < -0.39 is 36.2 Å². The summed E-state index contributed by atoms with van der Waals surface area (Å²) < 4.78 is 20.6. The summed E-state index contributed by atoms with van der Waals surface area (Å²) >= 11 is 0. The maximum atomic E-state index is 13.8. The van der Waals surface area contributed by atoms with Gasteiger partial charge in [-0.05, 0) is 12.1 Å². The van der Waals surface area contributed by atoms with E-state index in [0.29, 0.717) is 11.2 Å². The first-order chi connectivity index (χ1) is 9.97. The Labute approximate surface area is 117 Å². The molecule has 112 valence electrons. The van der Waals surface area contributed by atoms with Crippen molar-refractivity contribution in [3.05, 3.63) is 24.2 Å². The van der Waals surface area contributed by atoms with E-state index in [-0.39, 0.29) is 5.82 Å². The van der Waals surface area contributed by atoms with Crippen molar-refractivity contribution in [3.8, 4) is 0 Å². The van der Waals surface area contributed by atoms with Crippen molar-refractivity contribution in [1.29, 1.82) is 0 Å². The third kappa shape index (κ3) is 1.23. The Morgan fingerprint density at radius 2 is 2.24 bits per heavy atom. The van der Waals surface area contributed by atoms with Gasteiger partial charge in [0.1, 0.15) is 24.1 Å². The van der Waals surface area contributed by atoms with Crippen LogP contribution in [0.15, 0.2) is 18.5 Å². The molecule has 2 fully saturated rings. The van der Waals surface area contributed by atoms with Crippen LogP contribution in [0.3, 0.4) is 0 Å². The minimum atomic E-state index is -2.10. The third-order valence-electron chi connectivity index (χ3n) is 4.50. The second kappa shape index (κ2) is 3.69. The lowest BCUT2D eigenvalue weighted by Crippen LogP contribution is -2.34. The summed E-state index contributed by atoms with van der Waals surface area (Å²) in [5.74, 6) is 0.243. The van der Waals surface area contributed by atoms with Gasteiger partial charge in [-0.25, -0.2) is 13.9 Å². The lowest BCUT2D eigenvalue weighted by Gasteiger charge is -2.20. The van der Waals surface area contributed by atoms with Gasteiger partial charge in [-0.3, -0.25) is 0 Å². The molecule has 0 amide bonds. The first kappa shape index (κ1) is 12.9. The van der Waals surface area contributed by atoms with Crippen LogP contribution in [0, 0.1) is 0 Å². The smallest absolute Gasteiger partial charge is 0.169 e. The molecule has 2 aromatic rings. The molecule has 1 unspecified atom stereocenters. The van der Waals surface area contributed by atoms with Gasteiger partial charge < -0.3 is 25.8 Å². The van der Waals surface area contributed by atoms with E-state index in [1.165, 1.54) is 10.8 Å². The number of aromatic nitrogens is 3. The van der Waals surface area contributed by atoms with E-state index >= 15 is 0 Å². The fraction of sp³-hybridized carbons (Fsp3) is 0.500. The number of nitrogens with zero attached hydrogens (tertiary/aromatic N) is 3. The molecule has 0 bridgehead atoms. The summed E-state index contributed by atoms with van der Waals surface area (Å²) in [4.78, 5) is 3.84. The van der Waals surface area contributed by atoms with Crippen molar-refractivity contribution in [3.63, 3.8) is 0 Å². The van der Waals surface area contributed by atoms with Gasteiger partial charge >= 0.3 is 0 Å². The molecular weight excluding hydrogens is 283 g/mol. The maximum Gasteiger partial charge on any atom is 0.169 e. The van der Waals surface area contributed by atoms with Gasteiger partial charge in [0.05, 0.1) is 12.3 Å². The molecule has 1 saturated carbocycles. The molecule has 4 rings (SSSR count). The highest BCUT2D eigenvalue weighted by molar-refractivity contribution is 5.65. The molecule has 2 aliphatic rings. The van der Waals surface area contributed by atoms with Gasteiger partial charge in [0.15, 0.2) is 23.2 Å². The number of aliphatic hydroxyl groups excluding tert-OH is 2. The van der Waals surface area contributed by atoms with Crippen LogP contribution in [-0.4, -0.2) is 60.0 Å². The van der Waals surface area contributed by atoms with Crippen LogP contribution in [0.25, 0.3) is 5.52 Å². The molecule has 0 spiro atoms. The Hall–Kier alpha value is -1.81. The monoisotopic (exact) mass is 296 g/mol. The molecule has 8 nitrogen and oxygen atoms in total. The average molecular weight is 296 g/mol. The van der Waals surface area contributed by atoms with Crippen LogP contribution >= 0.6 is 0 Å². The molecule has 9 heteroatoms. The van der Waals surface area contributed by atoms with Crippen molar-refractivity contribution in [2.24, 2.45) is 0 Å². The molecule has 5 atom stereocenters. The number of nitrogen functional groups attached to an aromatic ring is 1. The molecule has 1 aliphatic carbocycles. The summed E-state index contributed by atoms with van der Waals surface area (Å²) in [5, 5.41) is 33.7. The van der Waals surface area contributed by atoms with Gasteiger partial charge in [-0.15, -0.1) is 0 Å². The minimum absolute atomic E-state index is 0.243. The summed E-state index contributed by atoms with van der Waals surface area (Å²) in [6.07, 6.45) is -3.13. The largest absolute Gasteiger partial charge is 0.393 e. The Morgan fingerprint density at radius 3 is 2.90 bits per heavy atom. The lowest BCUT2D eigenvalue weighted by molar-refractivity contribution is -0.0784. The Morgan fingerprint density at radius 1 is 1.48 bits per heavy atom. The molecule has 5 N–H and O–H groups in total. The first-order valence-corrected chi connectivity index (χ1v) is 6.38. The zero-order valence-corrected chi connectivity index (χ0v) is 10.7. The molecule has 1 aliphatic heterocycles. The summed E-state index contributed by atoms with van der Waals surface area (Å²) in [5.41, 5.74) is 2.74. The highest BCUT2D eigenvalue weighted by atomic mass is 19.1. The standard InChI is InChI=1S/C12H13FN4O4/c13-10-11(3-18)12(10,20)8(19)7(21-11)5-1-2-6-9(14)15-4-16-17(5)6/h1-2,4,7-8,10,18-20H,3H2,(H2,14,15,16)/t7-,8-,10?,11-,12+/m0/s1. The second-order valence-corrected chi connectivity index (χ2v) is 5.42. The molecular formula is C12H13FN4O4. The van der Waals surface area contributed by atoms with E-state index in [0.717, 1.165) is 0 Å². The number of halogens is 1. The van der Waals surface area contributed by atoms with Crippen molar-refractivity contribution in [1.82, 2.24) is 14.6 Å². The van der Waals surface area contributed by atoms with Gasteiger partial charge in [0.25, 0.3) is 0 Å². The molecule has 0 radical (unpaired) electrons. The number of hydrogen-bond donors (Lipinski definition) is 4. The Kier molecular flexibility index (Phi) is 2.26. The average Bonchev–Trinajstić information content (AvgIpc) is 2.82. The molecule has 1 saturated heterocycles.